The SMILES string of the molecule is CCCCCCCCC/C=C\CCCCCCCC(=O)OCCCCCCCC/C=C\CCCCCCCCCC(=O)NC(CO)C(O)/C=C/CCCCCCCCCCCC. The number of hydrogen-bond donors (Lipinski definition) is 3. The number of amides is 1. The van der Waals surface area contributed by atoms with Crippen LogP contribution in [0.25, 0.3) is 0 Å². The molecule has 0 aliphatic carbocycles. The Balaban J connectivity index is 3.47. The summed E-state index contributed by atoms with van der Waals surface area (Å²) in [7, 11) is 0. The maximum atomic E-state index is 12.4. The second-order valence-corrected chi connectivity index (χ2v) is 18.5. The van der Waals surface area contributed by atoms with Gasteiger partial charge in [0.05, 0.1) is 25.4 Å². The Bertz CT molecular complexity index is 1010. The van der Waals surface area contributed by atoms with Crippen molar-refractivity contribution in [3.8, 4) is 0 Å². The molecule has 0 bridgehead atoms. The van der Waals surface area contributed by atoms with Crippen LogP contribution in [0, 0.1) is 0 Å². The van der Waals surface area contributed by atoms with Crippen molar-refractivity contribution in [2.45, 2.75) is 296 Å². The summed E-state index contributed by atoms with van der Waals surface area (Å²) in [6.45, 7) is 4.86. The van der Waals surface area contributed by atoms with E-state index in [1.165, 1.54) is 199 Å². The predicted octanol–water partition coefficient (Wildman–Crippen LogP) is 16.5. The highest BCUT2D eigenvalue weighted by atomic mass is 16.5. The van der Waals surface area contributed by atoms with E-state index in [-0.39, 0.29) is 18.5 Å². The van der Waals surface area contributed by atoms with Gasteiger partial charge in [0.1, 0.15) is 0 Å². The van der Waals surface area contributed by atoms with Crippen molar-refractivity contribution >= 4 is 11.9 Å². The predicted molar refractivity (Wildman–Crippen MR) is 269 cm³/mol. The van der Waals surface area contributed by atoms with Crippen LogP contribution in [0.2, 0.25) is 0 Å². The minimum absolute atomic E-state index is 0.0107. The fourth-order valence-corrected chi connectivity index (χ4v) is 8.15. The molecule has 3 N–H and O–H groups in total. The van der Waals surface area contributed by atoms with Crippen LogP contribution in [0.5, 0.6) is 0 Å². The minimum Gasteiger partial charge on any atom is -0.466 e. The quantitative estimate of drug-likeness (QED) is 0.0321. The molecule has 0 aliphatic rings. The van der Waals surface area contributed by atoms with Gasteiger partial charge in [0.25, 0.3) is 0 Å². The smallest absolute Gasteiger partial charge is 0.305 e. The number of ether oxygens (including phenoxy) is 1. The van der Waals surface area contributed by atoms with Crippen LogP contribution in [0.1, 0.15) is 284 Å². The Morgan fingerprint density at radius 1 is 0.435 bits per heavy atom. The molecule has 6 nitrogen and oxygen atoms in total. The zero-order valence-corrected chi connectivity index (χ0v) is 41.4. The van der Waals surface area contributed by atoms with E-state index >= 15 is 0 Å². The molecule has 0 saturated carbocycles. The van der Waals surface area contributed by atoms with E-state index < -0.39 is 12.1 Å². The molecule has 0 aliphatic heterocycles. The molecule has 364 valence electrons. The van der Waals surface area contributed by atoms with Gasteiger partial charge in [-0.3, -0.25) is 9.59 Å². The number of allylic oxidation sites excluding steroid dienone is 5. The number of aliphatic hydroxyl groups is 2. The lowest BCUT2D eigenvalue weighted by molar-refractivity contribution is -0.143. The summed E-state index contributed by atoms with van der Waals surface area (Å²) in [5.41, 5.74) is 0. The lowest BCUT2D eigenvalue weighted by Gasteiger charge is -2.20. The number of carbonyl (C=O) groups excluding carboxylic acids is 2. The van der Waals surface area contributed by atoms with Crippen LogP contribution in [0.4, 0.5) is 0 Å². The number of hydrogen-bond acceptors (Lipinski definition) is 5. The highest BCUT2D eigenvalue weighted by molar-refractivity contribution is 5.76. The molecule has 0 saturated heterocycles. The summed E-state index contributed by atoms with van der Waals surface area (Å²) in [6, 6.07) is -0.636. The molecule has 0 rings (SSSR count). The van der Waals surface area contributed by atoms with Gasteiger partial charge < -0.3 is 20.3 Å². The summed E-state index contributed by atoms with van der Waals surface area (Å²) in [6.07, 6.45) is 62.9. The Hall–Kier alpha value is -1.92. The van der Waals surface area contributed by atoms with Gasteiger partial charge in [0.2, 0.25) is 5.91 Å². The summed E-state index contributed by atoms with van der Waals surface area (Å²) in [4.78, 5) is 24.4. The number of esters is 1. The lowest BCUT2D eigenvalue weighted by atomic mass is 10.1. The molecule has 2 unspecified atom stereocenters. The molecular formula is C56H105NO5. The fraction of sp³-hybridized carbons (Fsp3) is 0.857. The Morgan fingerprint density at radius 2 is 0.758 bits per heavy atom. The molecule has 0 aromatic heterocycles. The Kier molecular flexibility index (Phi) is 50.1. The maximum Gasteiger partial charge on any atom is 0.305 e. The first kappa shape index (κ1) is 60.1. The van der Waals surface area contributed by atoms with Gasteiger partial charge in [-0.1, -0.05) is 224 Å². The van der Waals surface area contributed by atoms with Gasteiger partial charge >= 0.3 is 5.97 Å². The third kappa shape index (κ3) is 47.6. The summed E-state index contributed by atoms with van der Waals surface area (Å²) in [5, 5.41) is 23.0. The third-order valence-corrected chi connectivity index (χ3v) is 12.4. The van der Waals surface area contributed by atoms with E-state index in [2.05, 4.69) is 43.5 Å². The third-order valence-electron chi connectivity index (χ3n) is 12.4. The molecule has 6 heteroatoms. The monoisotopic (exact) mass is 872 g/mol. The Morgan fingerprint density at radius 3 is 1.15 bits per heavy atom. The molecule has 1 amide bonds. The van der Waals surface area contributed by atoms with Crippen molar-refractivity contribution in [1.82, 2.24) is 5.32 Å². The molecule has 0 fully saturated rings. The molecule has 2 atom stereocenters. The van der Waals surface area contributed by atoms with Crippen LogP contribution in [-0.2, 0) is 14.3 Å². The molecule has 0 radical (unpaired) electrons. The van der Waals surface area contributed by atoms with E-state index in [1.807, 2.05) is 6.08 Å². The average molecular weight is 872 g/mol. The molecule has 0 heterocycles. The summed E-state index contributed by atoms with van der Waals surface area (Å²) >= 11 is 0. The van der Waals surface area contributed by atoms with Crippen LogP contribution in [0.15, 0.2) is 36.5 Å². The van der Waals surface area contributed by atoms with Crippen molar-refractivity contribution in [3.05, 3.63) is 36.5 Å². The van der Waals surface area contributed by atoms with E-state index in [0.717, 1.165) is 57.8 Å². The number of rotatable bonds is 50. The highest BCUT2D eigenvalue weighted by Crippen LogP contribution is 2.15. The minimum atomic E-state index is -0.851. The average Bonchev–Trinajstić information content (AvgIpc) is 3.27. The first-order valence-corrected chi connectivity index (χ1v) is 27.3. The Labute approximate surface area is 385 Å². The fourth-order valence-electron chi connectivity index (χ4n) is 8.15. The van der Waals surface area contributed by atoms with Crippen LogP contribution in [0.3, 0.4) is 0 Å². The van der Waals surface area contributed by atoms with E-state index in [4.69, 9.17) is 4.74 Å². The van der Waals surface area contributed by atoms with Gasteiger partial charge in [-0.15, -0.1) is 0 Å². The van der Waals surface area contributed by atoms with Gasteiger partial charge in [0, 0.05) is 12.8 Å². The van der Waals surface area contributed by atoms with Crippen molar-refractivity contribution in [2.75, 3.05) is 13.2 Å². The van der Waals surface area contributed by atoms with Crippen LogP contribution in [-0.4, -0.2) is 47.4 Å². The molecule has 0 aromatic carbocycles. The molecular weight excluding hydrogens is 767 g/mol. The number of carbonyl (C=O) groups is 2. The molecule has 0 spiro atoms. The standard InChI is InChI=1S/C56H105NO5/c1-3-5-7-9-11-13-15-17-18-23-26-30-34-38-42-46-50-56(61)62-51-47-43-39-35-31-27-24-21-19-20-22-25-29-33-37-41-45-49-55(60)57-53(52-58)54(59)48-44-40-36-32-28-16-14-12-10-8-6-4-2/h18-19,21,23,44,48,53-54,58-59H,3-17,20,22,24-43,45-47,49-52H2,1-2H3,(H,57,60)/b21-19-,23-18-,48-44+. The van der Waals surface area contributed by atoms with E-state index in [0.29, 0.717) is 19.4 Å². The van der Waals surface area contributed by atoms with Crippen molar-refractivity contribution in [3.63, 3.8) is 0 Å². The first-order chi connectivity index (χ1) is 30.5. The summed E-state index contributed by atoms with van der Waals surface area (Å²) < 4.78 is 5.46. The van der Waals surface area contributed by atoms with E-state index in [1.54, 1.807) is 6.08 Å². The number of unbranched alkanes of at least 4 members (excludes halogenated alkanes) is 35. The second-order valence-electron chi connectivity index (χ2n) is 18.5. The van der Waals surface area contributed by atoms with Crippen LogP contribution < -0.4 is 5.32 Å². The van der Waals surface area contributed by atoms with Gasteiger partial charge in [-0.2, -0.15) is 0 Å². The van der Waals surface area contributed by atoms with E-state index in [9.17, 15) is 19.8 Å². The second kappa shape index (κ2) is 51.7. The van der Waals surface area contributed by atoms with Gasteiger partial charge in [0.15, 0.2) is 0 Å². The normalized spacial score (nSPS) is 12.9. The molecule has 62 heavy (non-hydrogen) atoms. The largest absolute Gasteiger partial charge is 0.466 e. The lowest BCUT2D eigenvalue weighted by Crippen LogP contribution is -2.45. The number of nitrogens with one attached hydrogen (secondary N) is 1. The van der Waals surface area contributed by atoms with Gasteiger partial charge in [-0.05, 0) is 83.5 Å². The summed E-state index contributed by atoms with van der Waals surface area (Å²) in [5.74, 6) is -0.0922. The van der Waals surface area contributed by atoms with Gasteiger partial charge in [-0.25, -0.2) is 0 Å². The van der Waals surface area contributed by atoms with Crippen molar-refractivity contribution in [1.29, 1.82) is 0 Å². The topological polar surface area (TPSA) is 95.9 Å². The first-order valence-electron chi connectivity index (χ1n) is 27.3. The van der Waals surface area contributed by atoms with Crippen molar-refractivity contribution in [2.24, 2.45) is 0 Å². The maximum absolute atomic E-state index is 12.4. The van der Waals surface area contributed by atoms with Crippen molar-refractivity contribution < 1.29 is 24.5 Å². The number of aliphatic hydroxyl groups excluding tert-OH is 2. The zero-order valence-electron chi connectivity index (χ0n) is 41.4. The zero-order chi connectivity index (χ0) is 45.1. The van der Waals surface area contributed by atoms with Crippen LogP contribution >= 0.6 is 0 Å². The molecule has 0 aromatic rings. The highest BCUT2D eigenvalue weighted by Gasteiger charge is 2.18.